The van der Waals surface area contributed by atoms with E-state index in [9.17, 15) is 9.59 Å². The second-order valence-corrected chi connectivity index (χ2v) is 10.3. The summed E-state index contributed by atoms with van der Waals surface area (Å²) >= 11 is 0. The highest BCUT2D eigenvalue weighted by Crippen LogP contribution is 2.30. The minimum Gasteiger partial charge on any atom is -0.494 e. The van der Waals surface area contributed by atoms with Crippen LogP contribution in [0.2, 0.25) is 0 Å². The van der Waals surface area contributed by atoms with Crippen LogP contribution >= 0.6 is 0 Å². The lowest BCUT2D eigenvalue weighted by Gasteiger charge is -2.33. The van der Waals surface area contributed by atoms with Crippen LogP contribution in [0.4, 0.5) is 10.5 Å². The van der Waals surface area contributed by atoms with Crippen LogP contribution < -0.4 is 15.6 Å². The Bertz CT molecular complexity index is 1730. The molecular weight excluding hydrogens is 524 g/mol. The van der Waals surface area contributed by atoms with Gasteiger partial charge in [-0.05, 0) is 80.3 Å². The zero-order valence-electron chi connectivity index (χ0n) is 24.5. The number of rotatable bonds is 9. The summed E-state index contributed by atoms with van der Waals surface area (Å²) < 4.78 is 7.28. The Labute approximate surface area is 246 Å². The van der Waals surface area contributed by atoms with Crippen molar-refractivity contribution in [2.24, 2.45) is 0 Å². The molecule has 0 saturated heterocycles. The van der Waals surface area contributed by atoms with Gasteiger partial charge in [-0.25, -0.2) is 9.78 Å². The van der Waals surface area contributed by atoms with E-state index in [1.54, 1.807) is 15.5 Å². The van der Waals surface area contributed by atoms with Gasteiger partial charge in [0.15, 0.2) is 0 Å². The molecule has 5 rings (SSSR count). The number of nitrogens with zero attached hydrogens (tertiary/aromatic N) is 3. The Morgan fingerprint density at radius 2 is 1.55 bits per heavy atom. The highest BCUT2D eigenvalue weighted by Gasteiger charge is 2.30. The molecule has 2 amide bonds. The normalized spacial score (nSPS) is 11.7. The lowest BCUT2D eigenvalue weighted by molar-refractivity contribution is 0.177. The maximum Gasteiger partial charge on any atom is 0.322 e. The summed E-state index contributed by atoms with van der Waals surface area (Å²) in [5.74, 6) is 1.22. The quantitative estimate of drug-likeness (QED) is 0.202. The Hall–Kier alpha value is -4.91. The predicted molar refractivity (Wildman–Crippen MR) is 168 cm³/mol. The molecule has 214 valence electrons. The first kappa shape index (κ1) is 28.6. The third kappa shape index (κ3) is 5.91. The number of aromatic nitrogens is 2. The van der Waals surface area contributed by atoms with E-state index >= 15 is 0 Å². The van der Waals surface area contributed by atoms with Crippen LogP contribution in [0.25, 0.3) is 16.6 Å². The molecule has 0 aliphatic carbocycles. The van der Waals surface area contributed by atoms with Gasteiger partial charge in [0.2, 0.25) is 0 Å². The zero-order valence-corrected chi connectivity index (χ0v) is 24.5. The minimum absolute atomic E-state index is 0.187. The molecule has 0 bridgehead atoms. The molecule has 1 unspecified atom stereocenters. The molecule has 0 saturated carbocycles. The van der Waals surface area contributed by atoms with Crippen molar-refractivity contribution < 1.29 is 9.53 Å². The van der Waals surface area contributed by atoms with Gasteiger partial charge in [0, 0.05) is 12.2 Å². The van der Waals surface area contributed by atoms with Gasteiger partial charge in [-0.15, -0.1) is 0 Å². The SMILES string of the molecule is CCOc1ccc(-n2c(C(CC)N(Cc3ccccc3)C(=O)Nc3c(C)cccc3C)nc3ccccc3c2=O)cc1. The molecule has 4 aromatic carbocycles. The van der Waals surface area contributed by atoms with E-state index in [0.717, 1.165) is 28.1 Å². The molecule has 0 aliphatic rings. The van der Waals surface area contributed by atoms with E-state index in [2.05, 4.69) is 5.32 Å². The van der Waals surface area contributed by atoms with Crippen LogP contribution in [0.15, 0.2) is 102 Å². The first-order valence-electron chi connectivity index (χ1n) is 14.3. The summed E-state index contributed by atoms with van der Waals surface area (Å²) in [5, 5.41) is 3.68. The zero-order chi connectivity index (χ0) is 29.6. The molecule has 1 N–H and O–H groups in total. The number of fused-ring (bicyclic) bond motifs is 1. The summed E-state index contributed by atoms with van der Waals surface area (Å²) in [4.78, 5) is 35.1. The number of carbonyl (C=O) groups excluding carboxylic acids is 1. The fourth-order valence-corrected chi connectivity index (χ4v) is 5.32. The average molecular weight is 561 g/mol. The largest absolute Gasteiger partial charge is 0.494 e. The van der Waals surface area contributed by atoms with E-state index in [-0.39, 0.29) is 11.6 Å². The first-order valence-corrected chi connectivity index (χ1v) is 14.3. The number of carbonyl (C=O) groups is 1. The van der Waals surface area contributed by atoms with Crippen molar-refractivity contribution in [1.82, 2.24) is 14.5 Å². The molecule has 0 aliphatic heterocycles. The van der Waals surface area contributed by atoms with Crippen molar-refractivity contribution in [2.75, 3.05) is 11.9 Å². The van der Waals surface area contributed by atoms with Crippen LogP contribution in [0.5, 0.6) is 5.75 Å². The van der Waals surface area contributed by atoms with Gasteiger partial charge >= 0.3 is 6.03 Å². The van der Waals surface area contributed by atoms with Crippen molar-refractivity contribution in [3.8, 4) is 11.4 Å². The monoisotopic (exact) mass is 560 g/mol. The number of hydrogen-bond acceptors (Lipinski definition) is 4. The second kappa shape index (κ2) is 12.7. The average Bonchev–Trinajstić information content (AvgIpc) is 3.00. The molecular formula is C35H36N4O3. The van der Waals surface area contributed by atoms with Crippen molar-refractivity contribution in [3.63, 3.8) is 0 Å². The fourth-order valence-electron chi connectivity index (χ4n) is 5.32. The number of urea groups is 1. The highest BCUT2D eigenvalue weighted by atomic mass is 16.5. The molecule has 0 fully saturated rings. The van der Waals surface area contributed by atoms with Gasteiger partial charge < -0.3 is 15.0 Å². The Morgan fingerprint density at radius 1 is 0.881 bits per heavy atom. The number of para-hydroxylation sites is 2. The van der Waals surface area contributed by atoms with Crippen LogP contribution in [-0.4, -0.2) is 27.1 Å². The Morgan fingerprint density at radius 3 is 2.21 bits per heavy atom. The van der Waals surface area contributed by atoms with Crippen molar-refractivity contribution in [3.05, 3.63) is 130 Å². The van der Waals surface area contributed by atoms with E-state index in [4.69, 9.17) is 9.72 Å². The third-order valence-electron chi connectivity index (χ3n) is 7.44. The number of aryl methyl sites for hydroxylation is 2. The van der Waals surface area contributed by atoms with E-state index < -0.39 is 6.04 Å². The maximum absolute atomic E-state index is 14.2. The fraction of sp³-hybridized carbons (Fsp3) is 0.229. The van der Waals surface area contributed by atoms with Crippen LogP contribution in [0.1, 0.15) is 48.8 Å². The summed E-state index contributed by atoms with van der Waals surface area (Å²) in [5.41, 5.74) is 4.78. The number of hydrogen-bond donors (Lipinski definition) is 1. The first-order chi connectivity index (χ1) is 20.4. The van der Waals surface area contributed by atoms with Crippen LogP contribution in [-0.2, 0) is 6.54 Å². The molecule has 5 aromatic rings. The molecule has 1 atom stereocenters. The van der Waals surface area contributed by atoms with Gasteiger partial charge in [0.25, 0.3) is 5.56 Å². The lowest BCUT2D eigenvalue weighted by atomic mass is 10.1. The second-order valence-electron chi connectivity index (χ2n) is 10.3. The predicted octanol–water partition coefficient (Wildman–Crippen LogP) is 7.59. The standard InChI is InChI=1S/C35H36N4O3/c1-5-31(38(23-26-15-8-7-9-16-26)35(41)37-32-24(3)13-12-14-25(32)4)33-36-30-18-11-10-17-29(30)34(40)39(33)27-19-21-28(22-20-27)42-6-2/h7-22,31H,5-6,23H2,1-4H3,(H,37,41). The summed E-state index contributed by atoms with van der Waals surface area (Å²) in [6, 6.07) is 29.8. The minimum atomic E-state index is -0.515. The summed E-state index contributed by atoms with van der Waals surface area (Å²) in [6.07, 6.45) is 0.537. The van der Waals surface area contributed by atoms with Gasteiger partial charge in [-0.3, -0.25) is 9.36 Å². The number of ether oxygens (including phenoxy) is 1. The van der Waals surface area contributed by atoms with Gasteiger partial charge in [-0.2, -0.15) is 0 Å². The molecule has 1 heterocycles. The van der Waals surface area contributed by atoms with Crippen LogP contribution in [0.3, 0.4) is 0 Å². The summed E-state index contributed by atoms with van der Waals surface area (Å²) in [7, 11) is 0. The van der Waals surface area contributed by atoms with E-state index in [0.29, 0.717) is 42.0 Å². The molecule has 1 aromatic heterocycles. The number of amides is 2. The topological polar surface area (TPSA) is 76.5 Å². The van der Waals surface area contributed by atoms with E-state index in [1.165, 1.54) is 0 Å². The molecule has 42 heavy (non-hydrogen) atoms. The van der Waals surface area contributed by atoms with Crippen molar-refractivity contribution in [1.29, 1.82) is 0 Å². The smallest absolute Gasteiger partial charge is 0.322 e. The molecule has 0 radical (unpaired) electrons. The van der Waals surface area contributed by atoms with Crippen LogP contribution in [0, 0.1) is 13.8 Å². The number of benzene rings is 4. The van der Waals surface area contributed by atoms with Gasteiger partial charge in [0.05, 0.1) is 29.2 Å². The molecule has 7 nitrogen and oxygen atoms in total. The highest BCUT2D eigenvalue weighted by molar-refractivity contribution is 5.91. The van der Waals surface area contributed by atoms with E-state index in [1.807, 2.05) is 119 Å². The maximum atomic E-state index is 14.2. The lowest BCUT2D eigenvalue weighted by Crippen LogP contribution is -2.40. The number of nitrogens with one attached hydrogen (secondary N) is 1. The van der Waals surface area contributed by atoms with Crippen molar-refractivity contribution in [2.45, 2.75) is 46.7 Å². The van der Waals surface area contributed by atoms with Gasteiger partial charge in [-0.1, -0.05) is 67.6 Å². The molecule has 0 spiro atoms. The third-order valence-corrected chi connectivity index (χ3v) is 7.44. The number of anilines is 1. The Balaban J connectivity index is 1.68. The Kier molecular flexibility index (Phi) is 8.67. The van der Waals surface area contributed by atoms with Gasteiger partial charge in [0.1, 0.15) is 11.6 Å². The van der Waals surface area contributed by atoms with Crippen molar-refractivity contribution >= 4 is 22.6 Å². The molecule has 7 heteroatoms. The summed E-state index contributed by atoms with van der Waals surface area (Å²) in [6.45, 7) is 8.79.